The number of aromatic carboxylic acids is 1. The number of carboxylic acid groups (broad SMARTS) is 1. The van der Waals surface area contributed by atoms with Crippen molar-refractivity contribution in [1.82, 2.24) is 0 Å². The highest BCUT2D eigenvalue weighted by atomic mass is 16.7. The van der Waals surface area contributed by atoms with Crippen LogP contribution in [-0.2, 0) is 4.74 Å². The topological polar surface area (TPSA) is 206 Å². The van der Waals surface area contributed by atoms with Crippen molar-refractivity contribution in [3.63, 3.8) is 0 Å². The molecule has 1 heterocycles. The van der Waals surface area contributed by atoms with Crippen molar-refractivity contribution in [3.8, 4) is 17.2 Å². The third kappa shape index (κ3) is 4.74. The van der Waals surface area contributed by atoms with E-state index in [4.69, 9.17) is 9.47 Å². The van der Waals surface area contributed by atoms with E-state index < -0.39 is 54.8 Å². The summed E-state index contributed by atoms with van der Waals surface area (Å²) in [5.41, 5.74) is -0.830. The quantitative estimate of drug-likeness (QED) is 0.256. The zero-order chi connectivity index (χ0) is 23.6. The smallest absolute Gasteiger partial charge is 0.337 e. The number of carbonyl (C=O) groups excluding carboxylic acids is 1. The summed E-state index contributed by atoms with van der Waals surface area (Å²) in [4.78, 5) is 24.2. The number of aliphatic hydroxyl groups is 4. The molecule has 12 nitrogen and oxygen atoms in total. The van der Waals surface area contributed by atoms with Crippen LogP contribution in [0.3, 0.4) is 0 Å². The van der Waals surface area contributed by atoms with Gasteiger partial charge >= 0.3 is 5.97 Å². The van der Waals surface area contributed by atoms with Gasteiger partial charge in [-0.05, 0) is 36.4 Å². The highest BCUT2D eigenvalue weighted by Gasteiger charge is 2.45. The SMILES string of the molecule is O=C(O)c1cc(O)ccc1NC(=O)c1cc(O)ccc1O[C@@H]1O[C@H](CO)[C@@H](O)[C@H](O)[C@H]1O. The van der Waals surface area contributed by atoms with Crippen LogP contribution in [-0.4, -0.2) is 84.9 Å². The molecule has 12 heteroatoms. The Balaban J connectivity index is 1.89. The Morgan fingerprint density at radius 1 is 0.938 bits per heavy atom. The van der Waals surface area contributed by atoms with Crippen LogP contribution in [0, 0.1) is 0 Å². The molecule has 1 saturated heterocycles. The van der Waals surface area contributed by atoms with Gasteiger partial charge in [0.2, 0.25) is 6.29 Å². The molecule has 2 aromatic rings. The van der Waals surface area contributed by atoms with Crippen LogP contribution >= 0.6 is 0 Å². The molecule has 1 fully saturated rings. The summed E-state index contributed by atoms with van der Waals surface area (Å²) in [6.07, 6.45) is -7.90. The van der Waals surface area contributed by atoms with E-state index in [0.717, 1.165) is 24.3 Å². The van der Waals surface area contributed by atoms with Crippen LogP contribution in [0.4, 0.5) is 5.69 Å². The molecule has 1 aliphatic rings. The summed E-state index contributed by atoms with van der Waals surface area (Å²) >= 11 is 0. The number of phenolic OH excluding ortho intramolecular Hbond substituents is 2. The highest BCUT2D eigenvalue weighted by molar-refractivity contribution is 6.09. The van der Waals surface area contributed by atoms with E-state index in [0.29, 0.717) is 0 Å². The number of anilines is 1. The first-order chi connectivity index (χ1) is 15.1. The number of amides is 1. The lowest BCUT2D eigenvalue weighted by Gasteiger charge is -2.39. The van der Waals surface area contributed by atoms with E-state index in [-0.39, 0.29) is 28.5 Å². The molecule has 0 radical (unpaired) electrons. The van der Waals surface area contributed by atoms with Crippen molar-refractivity contribution in [2.75, 3.05) is 11.9 Å². The first-order valence-electron chi connectivity index (χ1n) is 9.30. The molecule has 0 spiro atoms. The van der Waals surface area contributed by atoms with Gasteiger partial charge in [0.15, 0.2) is 0 Å². The van der Waals surface area contributed by atoms with Crippen molar-refractivity contribution in [2.24, 2.45) is 0 Å². The fraction of sp³-hybridized carbons (Fsp3) is 0.300. The first kappa shape index (κ1) is 23.2. The molecule has 0 aromatic heterocycles. The molecule has 172 valence electrons. The molecule has 1 aliphatic heterocycles. The minimum Gasteiger partial charge on any atom is -0.508 e. The Hall–Kier alpha value is -3.42. The van der Waals surface area contributed by atoms with Crippen LogP contribution in [0.25, 0.3) is 0 Å². The molecule has 1 amide bonds. The average Bonchev–Trinajstić information content (AvgIpc) is 2.76. The molecule has 8 N–H and O–H groups in total. The normalized spacial score (nSPS) is 25.2. The third-order valence-corrected chi connectivity index (χ3v) is 4.78. The fourth-order valence-electron chi connectivity index (χ4n) is 3.10. The Labute approximate surface area is 180 Å². The predicted octanol–water partition coefficient (Wildman–Crippen LogP) is -0.773. The van der Waals surface area contributed by atoms with Crippen molar-refractivity contribution < 1.29 is 54.8 Å². The number of hydrogen-bond acceptors (Lipinski definition) is 10. The van der Waals surface area contributed by atoms with E-state index in [1.165, 1.54) is 12.1 Å². The largest absolute Gasteiger partial charge is 0.508 e. The Morgan fingerprint density at radius 2 is 1.56 bits per heavy atom. The summed E-state index contributed by atoms with van der Waals surface area (Å²) < 4.78 is 10.7. The predicted molar refractivity (Wildman–Crippen MR) is 106 cm³/mol. The second-order valence-electron chi connectivity index (χ2n) is 6.98. The maximum atomic E-state index is 12.8. The first-order valence-corrected chi connectivity index (χ1v) is 9.30. The standard InChI is InChI=1S/C20H21NO11/c22-7-14-15(25)16(26)17(27)20(32-14)31-13-4-2-9(24)6-11(13)18(28)21-12-3-1-8(23)5-10(12)19(29)30/h1-6,14-17,20,22-27H,7H2,(H,21,28)(H,29,30)/t14-,15-,16+,17-,20-/m1/s1. The van der Waals surface area contributed by atoms with E-state index in [9.17, 15) is 45.3 Å². The molecular weight excluding hydrogens is 430 g/mol. The summed E-state index contributed by atoms with van der Waals surface area (Å²) in [6.45, 7) is -0.688. The van der Waals surface area contributed by atoms with Gasteiger partial charge in [0.05, 0.1) is 23.4 Å². The Kier molecular flexibility index (Phi) is 6.81. The maximum Gasteiger partial charge on any atom is 0.337 e. The van der Waals surface area contributed by atoms with Crippen LogP contribution in [0.1, 0.15) is 20.7 Å². The van der Waals surface area contributed by atoms with Crippen LogP contribution in [0.2, 0.25) is 0 Å². The van der Waals surface area contributed by atoms with Crippen molar-refractivity contribution in [1.29, 1.82) is 0 Å². The van der Waals surface area contributed by atoms with Crippen molar-refractivity contribution in [3.05, 3.63) is 47.5 Å². The number of aromatic hydroxyl groups is 2. The number of ether oxygens (including phenoxy) is 2. The number of carbonyl (C=O) groups is 2. The van der Waals surface area contributed by atoms with Gasteiger partial charge in [-0.25, -0.2) is 4.79 Å². The number of rotatable bonds is 6. The lowest BCUT2D eigenvalue weighted by atomic mass is 9.99. The minimum absolute atomic E-state index is 0.151. The van der Waals surface area contributed by atoms with Crippen LogP contribution in [0.15, 0.2) is 36.4 Å². The number of aliphatic hydroxyl groups excluding tert-OH is 4. The average molecular weight is 451 g/mol. The van der Waals surface area contributed by atoms with Gasteiger partial charge in [0.1, 0.15) is 41.7 Å². The Morgan fingerprint density at radius 3 is 2.19 bits per heavy atom. The summed E-state index contributed by atoms with van der Waals surface area (Å²) in [5, 5.41) is 70.1. The monoisotopic (exact) mass is 451 g/mol. The highest BCUT2D eigenvalue weighted by Crippen LogP contribution is 2.30. The summed E-state index contributed by atoms with van der Waals surface area (Å²) in [6, 6.07) is 6.61. The van der Waals surface area contributed by atoms with E-state index >= 15 is 0 Å². The van der Waals surface area contributed by atoms with Crippen LogP contribution < -0.4 is 10.1 Å². The number of hydrogen-bond donors (Lipinski definition) is 8. The van der Waals surface area contributed by atoms with Gasteiger partial charge < -0.3 is 50.5 Å². The number of carboxylic acids is 1. The van der Waals surface area contributed by atoms with Crippen molar-refractivity contribution in [2.45, 2.75) is 30.7 Å². The molecule has 0 saturated carbocycles. The molecule has 3 rings (SSSR count). The molecular formula is C20H21NO11. The molecule has 0 unspecified atom stereocenters. The van der Waals surface area contributed by atoms with Gasteiger partial charge in [-0.2, -0.15) is 0 Å². The second kappa shape index (κ2) is 9.38. The van der Waals surface area contributed by atoms with Crippen LogP contribution in [0.5, 0.6) is 17.2 Å². The van der Waals surface area contributed by atoms with Gasteiger partial charge in [0.25, 0.3) is 5.91 Å². The number of phenols is 2. The van der Waals surface area contributed by atoms with E-state index in [2.05, 4.69) is 5.32 Å². The second-order valence-corrected chi connectivity index (χ2v) is 6.98. The van der Waals surface area contributed by atoms with E-state index in [1.54, 1.807) is 0 Å². The van der Waals surface area contributed by atoms with Gasteiger partial charge in [-0.3, -0.25) is 4.79 Å². The number of benzene rings is 2. The summed E-state index contributed by atoms with van der Waals surface area (Å²) in [7, 11) is 0. The zero-order valence-electron chi connectivity index (χ0n) is 16.3. The number of nitrogens with one attached hydrogen (secondary N) is 1. The maximum absolute atomic E-state index is 12.8. The minimum atomic E-state index is -1.74. The third-order valence-electron chi connectivity index (χ3n) is 4.78. The Bertz CT molecular complexity index is 1010. The lowest BCUT2D eigenvalue weighted by Crippen LogP contribution is -2.60. The molecule has 0 aliphatic carbocycles. The fourth-order valence-corrected chi connectivity index (χ4v) is 3.10. The zero-order valence-corrected chi connectivity index (χ0v) is 16.3. The molecule has 2 aromatic carbocycles. The van der Waals surface area contributed by atoms with Crippen molar-refractivity contribution >= 4 is 17.6 Å². The van der Waals surface area contributed by atoms with E-state index in [1.807, 2.05) is 0 Å². The van der Waals surface area contributed by atoms with Gasteiger partial charge in [-0.15, -0.1) is 0 Å². The molecule has 32 heavy (non-hydrogen) atoms. The van der Waals surface area contributed by atoms with Gasteiger partial charge in [0, 0.05) is 0 Å². The summed E-state index contributed by atoms with van der Waals surface area (Å²) in [5.74, 6) is -3.20. The van der Waals surface area contributed by atoms with Gasteiger partial charge in [-0.1, -0.05) is 0 Å². The molecule has 0 bridgehead atoms. The molecule has 5 atom stereocenters. The lowest BCUT2D eigenvalue weighted by molar-refractivity contribution is -0.277.